The van der Waals surface area contributed by atoms with Crippen LogP contribution in [0.3, 0.4) is 0 Å². The van der Waals surface area contributed by atoms with Crippen LogP contribution in [-0.4, -0.2) is 24.3 Å². The number of benzene rings is 1. The van der Waals surface area contributed by atoms with E-state index < -0.39 is 17.7 Å². The van der Waals surface area contributed by atoms with Crippen molar-refractivity contribution >= 4 is 27.9 Å². The average molecular weight is 329 g/mol. The second-order valence-corrected chi connectivity index (χ2v) is 4.60. The van der Waals surface area contributed by atoms with Gasteiger partial charge in [-0.15, -0.1) is 0 Å². The molecule has 1 aromatic carbocycles. The first-order chi connectivity index (χ1) is 9.03. The lowest BCUT2D eigenvalue weighted by Gasteiger charge is -2.26. The van der Waals surface area contributed by atoms with Crippen LogP contribution in [0.1, 0.15) is 5.56 Å². The first kappa shape index (κ1) is 13.7. The van der Waals surface area contributed by atoms with E-state index >= 15 is 0 Å². The Morgan fingerprint density at radius 1 is 1.37 bits per heavy atom. The van der Waals surface area contributed by atoms with Crippen molar-refractivity contribution in [3.8, 4) is 0 Å². The predicted molar refractivity (Wildman–Crippen MR) is 65.7 cm³/mol. The zero-order valence-electron chi connectivity index (χ0n) is 9.75. The summed E-state index contributed by atoms with van der Waals surface area (Å²) in [7, 11) is 1.15. The third-order valence-electron chi connectivity index (χ3n) is 2.62. The van der Waals surface area contributed by atoms with E-state index in [1.165, 1.54) is 12.1 Å². The highest BCUT2D eigenvalue weighted by atomic mass is 79.9. The van der Waals surface area contributed by atoms with Crippen LogP contribution in [0.5, 0.6) is 0 Å². The second-order valence-electron chi connectivity index (χ2n) is 3.69. The van der Waals surface area contributed by atoms with E-state index in [0.29, 0.717) is 0 Å². The van der Waals surface area contributed by atoms with Gasteiger partial charge in [0.1, 0.15) is 5.57 Å². The van der Waals surface area contributed by atoms with Crippen LogP contribution < -0.4 is 0 Å². The zero-order valence-corrected chi connectivity index (χ0v) is 11.3. The van der Waals surface area contributed by atoms with Gasteiger partial charge in [0.15, 0.2) is 0 Å². The van der Waals surface area contributed by atoms with Gasteiger partial charge in [-0.05, 0) is 12.1 Å². The molecule has 1 atom stereocenters. The summed E-state index contributed by atoms with van der Waals surface area (Å²) in [4.78, 5) is 27.3. The lowest BCUT2D eigenvalue weighted by atomic mass is 9.98. The van der Waals surface area contributed by atoms with Gasteiger partial charge in [0, 0.05) is 16.1 Å². The lowest BCUT2D eigenvalue weighted by Crippen LogP contribution is -2.35. The first-order valence-electron chi connectivity index (χ1n) is 5.15. The van der Waals surface area contributed by atoms with E-state index in [0.717, 1.165) is 17.7 Å². The van der Waals surface area contributed by atoms with E-state index in [1.54, 1.807) is 12.1 Å². The minimum atomic E-state index is -2.00. The molecule has 0 fully saturated rings. The van der Waals surface area contributed by atoms with E-state index in [1.807, 2.05) is 0 Å². The Balaban J connectivity index is 2.53. The topological polar surface area (TPSA) is 82.1 Å². The van der Waals surface area contributed by atoms with Crippen molar-refractivity contribution in [1.29, 1.82) is 0 Å². The highest BCUT2D eigenvalue weighted by molar-refractivity contribution is 9.10. The largest absolute Gasteiger partial charge is 0.465 e. The number of rotatable bonds is 3. The summed E-state index contributed by atoms with van der Waals surface area (Å²) in [6.07, 6.45) is 0.921. The van der Waals surface area contributed by atoms with Gasteiger partial charge in [0.05, 0.1) is 7.11 Å². The molecule has 1 aliphatic rings. The van der Waals surface area contributed by atoms with E-state index in [-0.39, 0.29) is 11.1 Å². The molecule has 0 saturated carbocycles. The third kappa shape index (κ3) is 2.27. The SMILES string of the molecule is COC(=O)C1=CC(=O)O[C@]1(OO)c1ccc(Br)cc1. The number of methoxy groups -OCH3 is 1. The fourth-order valence-corrected chi connectivity index (χ4v) is 2.01. The molecule has 1 N–H and O–H groups in total. The molecule has 0 unspecified atom stereocenters. The standard InChI is InChI=1S/C12H9BrO6/c1-17-11(15)9-6-10(14)18-12(9,19-16)7-2-4-8(13)5-3-7/h2-6,16H,1H3/t12-/m0/s1. The quantitative estimate of drug-likeness (QED) is 0.517. The number of ether oxygens (including phenoxy) is 2. The maximum Gasteiger partial charge on any atom is 0.341 e. The minimum absolute atomic E-state index is 0.232. The van der Waals surface area contributed by atoms with Gasteiger partial charge < -0.3 is 9.47 Å². The number of esters is 2. The normalized spacial score (nSPS) is 21.8. The van der Waals surface area contributed by atoms with E-state index in [2.05, 4.69) is 25.6 Å². The minimum Gasteiger partial charge on any atom is -0.465 e. The predicted octanol–water partition coefficient (Wildman–Crippen LogP) is 1.75. The van der Waals surface area contributed by atoms with Crippen molar-refractivity contribution in [1.82, 2.24) is 0 Å². The van der Waals surface area contributed by atoms with Crippen LogP contribution in [0.25, 0.3) is 0 Å². The molecule has 7 heteroatoms. The summed E-state index contributed by atoms with van der Waals surface area (Å²) in [5.74, 6) is -3.63. The molecular formula is C12H9BrO6. The van der Waals surface area contributed by atoms with Gasteiger partial charge in [0.2, 0.25) is 0 Å². The molecule has 1 aromatic rings. The molecule has 100 valence electrons. The molecule has 0 saturated heterocycles. The van der Waals surface area contributed by atoms with Crippen molar-refractivity contribution in [3.63, 3.8) is 0 Å². The summed E-state index contributed by atoms with van der Waals surface area (Å²) >= 11 is 3.25. The average Bonchev–Trinajstić information content (AvgIpc) is 2.77. The highest BCUT2D eigenvalue weighted by Crippen LogP contribution is 2.39. The van der Waals surface area contributed by atoms with Gasteiger partial charge in [0.25, 0.3) is 0 Å². The number of cyclic esters (lactones) is 1. The first-order valence-corrected chi connectivity index (χ1v) is 5.95. The van der Waals surface area contributed by atoms with Gasteiger partial charge in [-0.1, -0.05) is 28.1 Å². The number of hydrogen-bond donors (Lipinski definition) is 1. The molecule has 1 heterocycles. The Kier molecular flexibility index (Phi) is 3.70. The van der Waals surface area contributed by atoms with Gasteiger partial charge >= 0.3 is 17.7 Å². The fourth-order valence-electron chi connectivity index (χ4n) is 1.75. The van der Waals surface area contributed by atoms with E-state index in [4.69, 9.17) is 9.99 Å². The highest BCUT2D eigenvalue weighted by Gasteiger charge is 2.51. The summed E-state index contributed by atoms with van der Waals surface area (Å²) < 4.78 is 10.3. The van der Waals surface area contributed by atoms with E-state index in [9.17, 15) is 9.59 Å². The molecular weight excluding hydrogens is 320 g/mol. The lowest BCUT2D eigenvalue weighted by molar-refractivity contribution is -0.380. The summed E-state index contributed by atoms with van der Waals surface area (Å²) in [5.41, 5.74) is 0.0468. The number of hydrogen-bond acceptors (Lipinski definition) is 6. The van der Waals surface area contributed by atoms with Gasteiger partial charge in [-0.25, -0.2) is 14.8 Å². The molecule has 1 aliphatic heterocycles. The molecule has 2 rings (SSSR count). The van der Waals surface area contributed by atoms with Crippen molar-refractivity contribution in [2.24, 2.45) is 0 Å². The van der Waals surface area contributed by atoms with Gasteiger partial charge in [-0.2, -0.15) is 4.89 Å². The van der Waals surface area contributed by atoms with Crippen molar-refractivity contribution in [2.75, 3.05) is 7.11 Å². The maximum absolute atomic E-state index is 11.7. The number of halogens is 1. The smallest absolute Gasteiger partial charge is 0.341 e. The van der Waals surface area contributed by atoms with Gasteiger partial charge in [-0.3, -0.25) is 0 Å². The van der Waals surface area contributed by atoms with Crippen LogP contribution >= 0.6 is 15.9 Å². The number of carbonyl (C=O) groups is 2. The summed E-state index contributed by atoms with van der Waals surface area (Å²) in [5, 5.41) is 9.13. The Bertz CT molecular complexity index is 550. The Labute approximate surface area is 116 Å². The summed E-state index contributed by atoms with van der Waals surface area (Å²) in [6, 6.07) is 6.37. The van der Waals surface area contributed by atoms with Crippen LogP contribution in [0, 0.1) is 0 Å². The molecule has 0 amide bonds. The van der Waals surface area contributed by atoms with Crippen LogP contribution in [0.2, 0.25) is 0 Å². The van der Waals surface area contributed by atoms with Crippen molar-refractivity contribution in [3.05, 3.63) is 46.0 Å². The zero-order chi connectivity index (χ0) is 14.0. The Morgan fingerprint density at radius 3 is 2.53 bits per heavy atom. The molecule has 0 radical (unpaired) electrons. The molecule has 19 heavy (non-hydrogen) atoms. The maximum atomic E-state index is 11.7. The fraction of sp³-hybridized carbons (Fsp3) is 0.167. The van der Waals surface area contributed by atoms with Crippen LogP contribution in [0.4, 0.5) is 0 Å². The molecule has 0 bridgehead atoms. The second kappa shape index (κ2) is 5.12. The number of carbonyl (C=O) groups excluding carboxylic acids is 2. The molecule has 0 spiro atoms. The summed E-state index contributed by atoms with van der Waals surface area (Å²) in [6.45, 7) is 0. The monoisotopic (exact) mass is 328 g/mol. The van der Waals surface area contributed by atoms with Crippen molar-refractivity contribution < 1.29 is 29.2 Å². The Hall–Kier alpha value is -1.70. The molecule has 0 aliphatic carbocycles. The molecule has 6 nitrogen and oxygen atoms in total. The Morgan fingerprint density at radius 2 is 2.00 bits per heavy atom. The third-order valence-corrected chi connectivity index (χ3v) is 3.15. The van der Waals surface area contributed by atoms with Crippen LogP contribution in [0.15, 0.2) is 40.4 Å². The van der Waals surface area contributed by atoms with Crippen LogP contribution in [-0.2, 0) is 29.7 Å². The van der Waals surface area contributed by atoms with Crippen molar-refractivity contribution in [2.45, 2.75) is 5.79 Å². The molecule has 0 aromatic heterocycles.